The predicted octanol–water partition coefficient (Wildman–Crippen LogP) is 0.955. The van der Waals surface area contributed by atoms with Crippen molar-refractivity contribution in [3.63, 3.8) is 0 Å². The zero-order chi connectivity index (χ0) is 9.90. The molecule has 3 nitrogen and oxygen atoms in total. The molecule has 0 spiro atoms. The Balaban J connectivity index is 2.35. The van der Waals surface area contributed by atoms with Gasteiger partial charge in [-0.05, 0) is 12.1 Å². The Hall–Kier alpha value is -1.17. The first-order valence-corrected chi connectivity index (χ1v) is 3.62. The van der Waals surface area contributed by atoms with Crippen LogP contribution in [0.1, 0.15) is 0 Å². The van der Waals surface area contributed by atoms with E-state index >= 15 is 0 Å². The van der Waals surface area contributed by atoms with Gasteiger partial charge in [0.25, 0.3) is 0 Å². The normalized spacial score (nSPS) is 14.2. The van der Waals surface area contributed by atoms with Crippen LogP contribution in [0, 0.1) is 0 Å². The SMILES string of the molecule is OC(CNn1cccc1)C(F)(F)F. The van der Waals surface area contributed by atoms with Gasteiger partial charge in [0, 0.05) is 12.4 Å². The van der Waals surface area contributed by atoms with Crippen LogP contribution in [-0.2, 0) is 0 Å². The summed E-state index contributed by atoms with van der Waals surface area (Å²) < 4.78 is 36.7. The van der Waals surface area contributed by atoms with Gasteiger partial charge >= 0.3 is 6.18 Å². The van der Waals surface area contributed by atoms with Gasteiger partial charge in [-0.2, -0.15) is 13.2 Å². The average molecular weight is 194 g/mol. The van der Waals surface area contributed by atoms with E-state index in [0.29, 0.717) is 0 Å². The molecule has 1 atom stereocenters. The monoisotopic (exact) mass is 194 g/mol. The van der Waals surface area contributed by atoms with Crippen LogP contribution < -0.4 is 5.43 Å². The quantitative estimate of drug-likeness (QED) is 0.751. The van der Waals surface area contributed by atoms with Crippen LogP contribution in [-0.4, -0.2) is 28.6 Å². The fraction of sp³-hybridized carbons (Fsp3) is 0.429. The van der Waals surface area contributed by atoms with Gasteiger partial charge in [0.1, 0.15) is 0 Å². The molecule has 1 rings (SSSR count). The maximum absolute atomic E-state index is 11.8. The number of aliphatic hydroxyl groups is 1. The fourth-order valence-corrected chi connectivity index (χ4v) is 0.748. The summed E-state index contributed by atoms with van der Waals surface area (Å²) in [5.74, 6) is 0. The molecule has 0 radical (unpaired) electrons. The van der Waals surface area contributed by atoms with E-state index in [4.69, 9.17) is 5.11 Å². The molecule has 0 aromatic carbocycles. The first-order valence-electron chi connectivity index (χ1n) is 3.62. The lowest BCUT2D eigenvalue weighted by atomic mass is 10.3. The Labute approximate surface area is 72.8 Å². The van der Waals surface area contributed by atoms with E-state index in [1.807, 2.05) is 0 Å². The summed E-state index contributed by atoms with van der Waals surface area (Å²) in [6, 6.07) is 3.32. The van der Waals surface area contributed by atoms with E-state index in [1.165, 1.54) is 4.68 Å². The van der Waals surface area contributed by atoms with Crippen LogP contribution in [0.25, 0.3) is 0 Å². The van der Waals surface area contributed by atoms with Gasteiger partial charge in [-0.25, -0.2) is 0 Å². The van der Waals surface area contributed by atoms with Gasteiger partial charge in [-0.15, -0.1) is 0 Å². The zero-order valence-electron chi connectivity index (χ0n) is 6.62. The highest BCUT2D eigenvalue weighted by molar-refractivity contribution is 4.93. The Morgan fingerprint density at radius 3 is 2.31 bits per heavy atom. The van der Waals surface area contributed by atoms with Crippen LogP contribution in [0.2, 0.25) is 0 Å². The summed E-state index contributed by atoms with van der Waals surface area (Å²) in [6.07, 6.45) is -3.82. The van der Waals surface area contributed by atoms with Gasteiger partial charge in [0.2, 0.25) is 0 Å². The average Bonchev–Trinajstić information content (AvgIpc) is 2.50. The molecule has 0 aliphatic heterocycles. The Kier molecular flexibility index (Phi) is 2.82. The molecule has 0 aliphatic carbocycles. The van der Waals surface area contributed by atoms with E-state index in [1.54, 1.807) is 24.5 Å². The summed E-state index contributed by atoms with van der Waals surface area (Å²) >= 11 is 0. The number of hydrogen-bond acceptors (Lipinski definition) is 2. The molecule has 1 aromatic heterocycles. The molecule has 6 heteroatoms. The third-order valence-electron chi connectivity index (χ3n) is 1.45. The molecule has 1 heterocycles. The summed E-state index contributed by atoms with van der Waals surface area (Å²) in [5, 5.41) is 8.58. The highest BCUT2D eigenvalue weighted by atomic mass is 19.4. The van der Waals surface area contributed by atoms with Crippen molar-refractivity contribution in [2.45, 2.75) is 12.3 Å². The Morgan fingerprint density at radius 1 is 1.31 bits per heavy atom. The first kappa shape index (κ1) is 9.91. The lowest BCUT2D eigenvalue weighted by molar-refractivity contribution is -0.199. The fourth-order valence-electron chi connectivity index (χ4n) is 0.748. The molecule has 1 unspecified atom stereocenters. The van der Waals surface area contributed by atoms with Gasteiger partial charge in [0.15, 0.2) is 6.10 Å². The molecule has 1 aromatic rings. The van der Waals surface area contributed by atoms with Crippen molar-refractivity contribution < 1.29 is 18.3 Å². The third-order valence-corrected chi connectivity index (χ3v) is 1.45. The molecule has 13 heavy (non-hydrogen) atoms. The second-order valence-electron chi connectivity index (χ2n) is 2.51. The third kappa shape index (κ3) is 2.98. The largest absolute Gasteiger partial charge is 0.416 e. The van der Waals surface area contributed by atoms with Crippen molar-refractivity contribution in [3.05, 3.63) is 24.5 Å². The molecule has 0 saturated carbocycles. The van der Waals surface area contributed by atoms with E-state index in [0.717, 1.165) is 0 Å². The van der Waals surface area contributed by atoms with Gasteiger partial charge < -0.3 is 10.5 Å². The van der Waals surface area contributed by atoms with Crippen LogP contribution in [0.15, 0.2) is 24.5 Å². The molecule has 74 valence electrons. The second kappa shape index (κ2) is 3.69. The van der Waals surface area contributed by atoms with Crippen LogP contribution in [0.5, 0.6) is 0 Å². The number of hydrogen-bond donors (Lipinski definition) is 2. The van der Waals surface area contributed by atoms with Gasteiger partial charge in [-0.3, -0.25) is 4.68 Å². The van der Waals surface area contributed by atoms with Crippen LogP contribution >= 0.6 is 0 Å². The number of aliphatic hydroxyl groups excluding tert-OH is 1. The predicted molar refractivity (Wildman–Crippen MR) is 40.7 cm³/mol. The van der Waals surface area contributed by atoms with Crippen molar-refractivity contribution >= 4 is 0 Å². The number of nitrogens with zero attached hydrogens (tertiary/aromatic N) is 1. The summed E-state index contributed by atoms with van der Waals surface area (Å²) in [4.78, 5) is 0. The number of rotatable bonds is 3. The Morgan fingerprint density at radius 2 is 1.85 bits per heavy atom. The lowest BCUT2D eigenvalue weighted by Crippen LogP contribution is -2.37. The van der Waals surface area contributed by atoms with Crippen molar-refractivity contribution in [2.75, 3.05) is 12.0 Å². The number of halogens is 3. The van der Waals surface area contributed by atoms with Crippen LogP contribution in [0.3, 0.4) is 0 Å². The number of aromatic nitrogens is 1. The molecule has 0 bridgehead atoms. The van der Waals surface area contributed by atoms with E-state index in [-0.39, 0.29) is 0 Å². The van der Waals surface area contributed by atoms with Crippen molar-refractivity contribution in [1.29, 1.82) is 0 Å². The van der Waals surface area contributed by atoms with Crippen molar-refractivity contribution in [2.24, 2.45) is 0 Å². The lowest BCUT2D eigenvalue weighted by Gasteiger charge is -2.15. The summed E-state index contributed by atoms with van der Waals surface area (Å²) in [5.41, 5.74) is 2.38. The van der Waals surface area contributed by atoms with E-state index in [9.17, 15) is 13.2 Å². The number of alkyl halides is 3. The highest BCUT2D eigenvalue weighted by Gasteiger charge is 2.37. The van der Waals surface area contributed by atoms with E-state index < -0.39 is 18.8 Å². The Bertz CT molecular complexity index is 245. The minimum atomic E-state index is -4.57. The number of nitrogens with one attached hydrogen (secondary N) is 1. The van der Waals surface area contributed by atoms with Crippen LogP contribution in [0.4, 0.5) is 13.2 Å². The molecule has 0 saturated heterocycles. The first-order chi connectivity index (χ1) is 6.00. The van der Waals surface area contributed by atoms with Crippen molar-refractivity contribution in [1.82, 2.24) is 4.68 Å². The summed E-state index contributed by atoms with van der Waals surface area (Å²) in [6.45, 7) is -0.557. The van der Waals surface area contributed by atoms with Gasteiger partial charge in [0.05, 0.1) is 6.54 Å². The second-order valence-corrected chi connectivity index (χ2v) is 2.51. The smallest absolute Gasteiger partial charge is 0.382 e. The molecular weight excluding hydrogens is 185 g/mol. The maximum Gasteiger partial charge on any atom is 0.416 e. The topological polar surface area (TPSA) is 37.2 Å². The zero-order valence-corrected chi connectivity index (χ0v) is 6.62. The van der Waals surface area contributed by atoms with E-state index in [2.05, 4.69) is 5.43 Å². The minimum Gasteiger partial charge on any atom is -0.382 e. The molecule has 2 N–H and O–H groups in total. The molecule has 0 amide bonds. The molecule has 0 fully saturated rings. The van der Waals surface area contributed by atoms with Gasteiger partial charge in [-0.1, -0.05) is 0 Å². The standard InChI is InChI=1S/C7H9F3N2O/c8-7(9,10)6(13)5-11-12-3-1-2-4-12/h1-4,6,11,13H,5H2. The minimum absolute atomic E-state index is 0.557. The molecular formula is C7H9F3N2O. The highest BCUT2D eigenvalue weighted by Crippen LogP contribution is 2.19. The van der Waals surface area contributed by atoms with Crippen molar-refractivity contribution in [3.8, 4) is 0 Å². The molecule has 0 aliphatic rings. The summed E-state index contributed by atoms with van der Waals surface area (Å²) in [7, 11) is 0. The maximum atomic E-state index is 11.8.